The molecule has 15 heavy (non-hydrogen) atoms. The lowest BCUT2D eigenvalue weighted by Crippen LogP contribution is -2.36. The molecule has 1 N–H and O–H groups in total. The first-order chi connectivity index (χ1) is 6.97. The molecule has 0 aromatic carbocycles. The van der Waals surface area contributed by atoms with Gasteiger partial charge in [0, 0.05) is 0 Å². The van der Waals surface area contributed by atoms with E-state index in [0.717, 1.165) is 12.8 Å². The second kappa shape index (κ2) is 5.47. The summed E-state index contributed by atoms with van der Waals surface area (Å²) in [5.41, 5.74) is 0. The molecule has 0 aromatic heterocycles. The van der Waals surface area contributed by atoms with Crippen LogP contribution in [0.5, 0.6) is 0 Å². The van der Waals surface area contributed by atoms with Crippen molar-refractivity contribution in [2.24, 2.45) is 0 Å². The Bertz CT molecular complexity index is 207. The SMILES string of the molecule is CC1CC(O[C@H](C)CC(=O)O)CC(C)O1. The molecule has 4 nitrogen and oxygen atoms in total. The first-order valence-electron chi connectivity index (χ1n) is 5.50. The summed E-state index contributed by atoms with van der Waals surface area (Å²) in [7, 11) is 0. The Balaban J connectivity index is 2.33. The first kappa shape index (κ1) is 12.5. The van der Waals surface area contributed by atoms with Gasteiger partial charge in [0.1, 0.15) is 0 Å². The van der Waals surface area contributed by atoms with Gasteiger partial charge in [0.25, 0.3) is 0 Å². The summed E-state index contributed by atoms with van der Waals surface area (Å²) in [6.07, 6.45) is 2.11. The van der Waals surface area contributed by atoms with E-state index in [1.54, 1.807) is 6.92 Å². The minimum Gasteiger partial charge on any atom is -0.481 e. The van der Waals surface area contributed by atoms with Crippen LogP contribution in [-0.4, -0.2) is 35.5 Å². The van der Waals surface area contributed by atoms with Crippen molar-refractivity contribution in [1.82, 2.24) is 0 Å². The molecule has 3 atom stereocenters. The molecular weight excluding hydrogens is 196 g/mol. The van der Waals surface area contributed by atoms with Crippen molar-refractivity contribution in [3.8, 4) is 0 Å². The standard InChI is InChI=1S/C11H20O4/c1-7-4-10(5-8(2)14-7)15-9(3)6-11(12)13/h7-10H,4-6H2,1-3H3,(H,12,13)/t7?,8?,9-,10?/m1/s1. The number of aliphatic carboxylic acids is 1. The normalized spacial score (nSPS) is 33.7. The summed E-state index contributed by atoms with van der Waals surface area (Å²) in [6, 6.07) is 0. The lowest BCUT2D eigenvalue weighted by molar-refractivity contribution is -0.145. The van der Waals surface area contributed by atoms with E-state index in [1.165, 1.54) is 0 Å². The molecule has 88 valence electrons. The molecule has 0 bridgehead atoms. The largest absolute Gasteiger partial charge is 0.481 e. The summed E-state index contributed by atoms with van der Waals surface area (Å²) >= 11 is 0. The predicted octanol–water partition coefficient (Wildman–Crippen LogP) is 1.82. The van der Waals surface area contributed by atoms with Gasteiger partial charge in [-0.25, -0.2) is 0 Å². The smallest absolute Gasteiger partial charge is 0.305 e. The number of ether oxygens (including phenoxy) is 2. The average molecular weight is 216 g/mol. The van der Waals surface area contributed by atoms with Crippen molar-refractivity contribution in [2.45, 2.75) is 64.4 Å². The third-order valence-corrected chi connectivity index (χ3v) is 2.54. The summed E-state index contributed by atoms with van der Waals surface area (Å²) in [5, 5.41) is 8.61. The minimum absolute atomic E-state index is 0.0696. The minimum atomic E-state index is -0.810. The van der Waals surface area contributed by atoms with Crippen LogP contribution in [0, 0.1) is 0 Å². The topological polar surface area (TPSA) is 55.8 Å². The van der Waals surface area contributed by atoms with E-state index in [9.17, 15) is 4.79 Å². The number of hydrogen-bond donors (Lipinski definition) is 1. The maximum absolute atomic E-state index is 10.5. The second-order valence-electron chi connectivity index (χ2n) is 4.40. The van der Waals surface area contributed by atoms with Crippen molar-refractivity contribution < 1.29 is 19.4 Å². The van der Waals surface area contributed by atoms with Gasteiger partial charge < -0.3 is 14.6 Å². The summed E-state index contributed by atoms with van der Waals surface area (Å²) in [4.78, 5) is 10.5. The number of carboxylic acids is 1. The van der Waals surface area contributed by atoms with Gasteiger partial charge in [0.05, 0.1) is 30.8 Å². The number of rotatable bonds is 4. The van der Waals surface area contributed by atoms with E-state index in [2.05, 4.69) is 0 Å². The van der Waals surface area contributed by atoms with Gasteiger partial charge in [0.2, 0.25) is 0 Å². The van der Waals surface area contributed by atoms with Crippen LogP contribution in [0.15, 0.2) is 0 Å². The zero-order valence-corrected chi connectivity index (χ0v) is 9.60. The Labute approximate surface area is 90.6 Å². The predicted molar refractivity (Wildman–Crippen MR) is 55.8 cm³/mol. The lowest BCUT2D eigenvalue weighted by Gasteiger charge is -2.33. The molecule has 4 heteroatoms. The molecule has 1 aliphatic heterocycles. The molecule has 0 amide bonds. The van der Waals surface area contributed by atoms with Crippen LogP contribution < -0.4 is 0 Å². The molecule has 0 saturated carbocycles. The van der Waals surface area contributed by atoms with E-state index in [1.807, 2.05) is 13.8 Å². The fourth-order valence-corrected chi connectivity index (χ4v) is 2.08. The third-order valence-electron chi connectivity index (χ3n) is 2.54. The van der Waals surface area contributed by atoms with Gasteiger partial charge in [-0.1, -0.05) is 0 Å². The van der Waals surface area contributed by atoms with E-state index < -0.39 is 5.97 Å². The van der Waals surface area contributed by atoms with Crippen LogP contribution in [0.4, 0.5) is 0 Å². The molecular formula is C11H20O4. The summed E-state index contributed by atoms with van der Waals surface area (Å²) < 4.78 is 11.3. The van der Waals surface area contributed by atoms with Gasteiger partial charge in [-0.2, -0.15) is 0 Å². The van der Waals surface area contributed by atoms with Crippen LogP contribution in [0.3, 0.4) is 0 Å². The van der Waals surface area contributed by atoms with Crippen molar-refractivity contribution in [3.63, 3.8) is 0 Å². The van der Waals surface area contributed by atoms with Gasteiger partial charge in [-0.15, -0.1) is 0 Å². The van der Waals surface area contributed by atoms with E-state index in [4.69, 9.17) is 14.6 Å². The number of carbonyl (C=O) groups is 1. The molecule has 0 spiro atoms. The molecule has 2 unspecified atom stereocenters. The molecule has 1 saturated heterocycles. The van der Waals surface area contributed by atoms with E-state index in [-0.39, 0.29) is 30.8 Å². The second-order valence-corrected chi connectivity index (χ2v) is 4.40. The molecule has 1 aliphatic rings. The van der Waals surface area contributed by atoms with Crippen LogP contribution >= 0.6 is 0 Å². The third kappa shape index (κ3) is 4.62. The maximum atomic E-state index is 10.5. The highest BCUT2D eigenvalue weighted by Crippen LogP contribution is 2.23. The fourth-order valence-electron chi connectivity index (χ4n) is 2.08. The maximum Gasteiger partial charge on any atom is 0.305 e. The molecule has 1 rings (SSSR count). The Hall–Kier alpha value is -0.610. The summed E-state index contributed by atoms with van der Waals surface area (Å²) in [6.45, 7) is 5.85. The number of hydrogen-bond acceptors (Lipinski definition) is 3. The zero-order chi connectivity index (χ0) is 11.4. The van der Waals surface area contributed by atoms with Crippen molar-refractivity contribution in [2.75, 3.05) is 0 Å². The first-order valence-corrected chi connectivity index (χ1v) is 5.50. The van der Waals surface area contributed by atoms with Crippen molar-refractivity contribution in [3.05, 3.63) is 0 Å². The van der Waals surface area contributed by atoms with Crippen molar-refractivity contribution >= 4 is 5.97 Å². The number of carboxylic acid groups (broad SMARTS) is 1. The van der Waals surface area contributed by atoms with Crippen LogP contribution in [0.25, 0.3) is 0 Å². The quantitative estimate of drug-likeness (QED) is 0.778. The average Bonchev–Trinajstić information content (AvgIpc) is 1.98. The van der Waals surface area contributed by atoms with Gasteiger partial charge in [-0.05, 0) is 33.6 Å². The van der Waals surface area contributed by atoms with Gasteiger partial charge in [0.15, 0.2) is 0 Å². The van der Waals surface area contributed by atoms with Crippen molar-refractivity contribution in [1.29, 1.82) is 0 Å². The van der Waals surface area contributed by atoms with E-state index in [0.29, 0.717) is 0 Å². The molecule has 0 aromatic rings. The Morgan fingerprint density at radius 1 is 1.47 bits per heavy atom. The highest BCUT2D eigenvalue weighted by Gasteiger charge is 2.26. The Morgan fingerprint density at radius 3 is 2.47 bits per heavy atom. The highest BCUT2D eigenvalue weighted by molar-refractivity contribution is 5.67. The molecule has 0 aliphatic carbocycles. The monoisotopic (exact) mass is 216 g/mol. The van der Waals surface area contributed by atoms with Crippen LogP contribution in [0.1, 0.15) is 40.0 Å². The molecule has 1 fully saturated rings. The van der Waals surface area contributed by atoms with E-state index >= 15 is 0 Å². The van der Waals surface area contributed by atoms with Crippen LogP contribution in [-0.2, 0) is 14.3 Å². The Morgan fingerprint density at radius 2 is 2.00 bits per heavy atom. The highest BCUT2D eigenvalue weighted by atomic mass is 16.5. The zero-order valence-electron chi connectivity index (χ0n) is 9.60. The van der Waals surface area contributed by atoms with Crippen LogP contribution in [0.2, 0.25) is 0 Å². The fraction of sp³-hybridized carbons (Fsp3) is 0.909. The molecule has 0 radical (unpaired) electrons. The molecule has 1 heterocycles. The van der Waals surface area contributed by atoms with Gasteiger partial charge >= 0.3 is 5.97 Å². The van der Waals surface area contributed by atoms with Gasteiger partial charge in [-0.3, -0.25) is 4.79 Å². The Kier molecular flexibility index (Phi) is 4.54. The lowest BCUT2D eigenvalue weighted by atomic mass is 10.0. The summed E-state index contributed by atoms with van der Waals surface area (Å²) in [5.74, 6) is -0.810.